The van der Waals surface area contributed by atoms with Crippen molar-refractivity contribution in [3.8, 4) is 0 Å². The van der Waals surface area contributed by atoms with Crippen LogP contribution in [-0.2, 0) is 0 Å². The third-order valence-electron chi connectivity index (χ3n) is 1.57. The molecule has 0 aliphatic heterocycles. The van der Waals surface area contributed by atoms with E-state index in [1.54, 1.807) is 0 Å². The van der Waals surface area contributed by atoms with Crippen molar-refractivity contribution in [3.63, 3.8) is 0 Å². The lowest BCUT2D eigenvalue weighted by molar-refractivity contribution is -0.133. The Balaban J connectivity index is 3.40. The smallest absolute Gasteiger partial charge is 0.171 e. The van der Waals surface area contributed by atoms with Crippen molar-refractivity contribution in [3.05, 3.63) is 0 Å². The lowest BCUT2D eigenvalue weighted by Crippen LogP contribution is -2.14. The zero-order chi connectivity index (χ0) is 9.61. The molecule has 0 fully saturated rings. The molecule has 0 rings (SSSR count). The quantitative estimate of drug-likeness (QED) is 0.402. The maximum absolute atomic E-state index is 11.8. The molecular weight excluding hydrogens is 280 g/mol. The van der Waals surface area contributed by atoms with E-state index in [1.165, 1.54) is 0 Å². The predicted molar refractivity (Wildman–Crippen MR) is 52.6 cm³/mol. The summed E-state index contributed by atoms with van der Waals surface area (Å²) < 4.78 is 35.2. The van der Waals surface area contributed by atoms with Gasteiger partial charge < -0.3 is 0 Å². The summed E-state index contributed by atoms with van der Waals surface area (Å²) in [5.41, 5.74) is 0. The first kappa shape index (κ1) is 12.5. The van der Waals surface area contributed by atoms with Crippen molar-refractivity contribution in [2.24, 2.45) is 0 Å². The van der Waals surface area contributed by atoms with E-state index in [0.717, 1.165) is 19.3 Å². The van der Waals surface area contributed by atoms with Gasteiger partial charge in [0.1, 0.15) is 0 Å². The Hall–Kier alpha value is 0.520. The zero-order valence-electron chi connectivity index (χ0n) is 7.12. The monoisotopic (exact) mass is 294 g/mol. The van der Waals surface area contributed by atoms with Crippen LogP contribution in [0.15, 0.2) is 0 Å². The Morgan fingerprint density at radius 1 is 1.25 bits per heavy atom. The number of hydrogen-bond donors (Lipinski definition) is 0. The molecule has 0 radical (unpaired) electrons. The van der Waals surface area contributed by atoms with Gasteiger partial charge in [0.25, 0.3) is 0 Å². The van der Waals surface area contributed by atoms with Crippen LogP contribution < -0.4 is 0 Å². The molecule has 4 heteroatoms. The summed E-state index contributed by atoms with van der Waals surface area (Å²) in [6.45, 7) is 2.05. The number of unbranched alkanes of at least 4 members (excludes halogenated alkanes) is 2. The third-order valence-corrected chi connectivity index (χ3v) is 2.64. The third kappa shape index (κ3) is 8.62. The van der Waals surface area contributed by atoms with Gasteiger partial charge in [-0.2, -0.15) is 13.2 Å². The molecule has 0 nitrogen and oxygen atoms in total. The molecule has 0 amide bonds. The number of alkyl halides is 4. The summed E-state index contributed by atoms with van der Waals surface area (Å²) in [5.74, 6) is 0. The minimum atomic E-state index is -3.99. The minimum Gasteiger partial charge on any atom is -0.171 e. The van der Waals surface area contributed by atoms with Crippen molar-refractivity contribution in [1.29, 1.82) is 0 Å². The standard InChI is InChI=1S/C8H14F3I/c1-2-3-4-5-7(12)6-8(9,10)11/h7H,2-6H2,1H3. The van der Waals surface area contributed by atoms with Crippen LogP contribution in [-0.4, -0.2) is 10.1 Å². The molecule has 1 atom stereocenters. The molecule has 0 N–H and O–H groups in total. The average molecular weight is 294 g/mol. The van der Waals surface area contributed by atoms with Crippen LogP contribution in [0.1, 0.15) is 39.0 Å². The summed E-state index contributed by atoms with van der Waals surface area (Å²) in [6, 6.07) is 0. The highest BCUT2D eigenvalue weighted by molar-refractivity contribution is 14.1. The lowest BCUT2D eigenvalue weighted by atomic mass is 10.1. The first-order chi connectivity index (χ1) is 5.45. The van der Waals surface area contributed by atoms with Gasteiger partial charge in [-0.05, 0) is 6.42 Å². The number of halogens is 4. The highest BCUT2D eigenvalue weighted by atomic mass is 127. The van der Waals surface area contributed by atoms with Crippen LogP contribution in [0.4, 0.5) is 13.2 Å². The molecule has 0 saturated heterocycles. The fraction of sp³-hybridized carbons (Fsp3) is 1.00. The van der Waals surface area contributed by atoms with Crippen LogP contribution in [0, 0.1) is 0 Å². The van der Waals surface area contributed by atoms with Gasteiger partial charge in [0.05, 0.1) is 6.42 Å². The molecule has 0 bridgehead atoms. The van der Waals surface area contributed by atoms with E-state index >= 15 is 0 Å². The van der Waals surface area contributed by atoms with Crippen LogP contribution in [0.5, 0.6) is 0 Å². The van der Waals surface area contributed by atoms with Gasteiger partial charge in [-0.1, -0.05) is 48.8 Å². The Kier molecular flexibility index (Phi) is 6.31. The van der Waals surface area contributed by atoms with E-state index in [0.29, 0.717) is 6.42 Å². The Morgan fingerprint density at radius 3 is 2.25 bits per heavy atom. The highest BCUT2D eigenvalue weighted by Gasteiger charge is 2.30. The van der Waals surface area contributed by atoms with E-state index < -0.39 is 12.6 Å². The molecule has 0 aromatic carbocycles. The van der Waals surface area contributed by atoms with E-state index in [9.17, 15) is 13.2 Å². The van der Waals surface area contributed by atoms with Crippen LogP contribution in [0.2, 0.25) is 0 Å². The van der Waals surface area contributed by atoms with Gasteiger partial charge >= 0.3 is 6.18 Å². The molecule has 0 spiro atoms. The number of rotatable bonds is 5. The predicted octanol–water partition coefficient (Wildman–Crippen LogP) is 4.32. The first-order valence-electron chi connectivity index (χ1n) is 4.16. The molecule has 0 aromatic heterocycles. The maximum atomic E-state index is 11.8. The molecule has 1 unspecified atom stereocenters. The van der Waals surface area contributed by atoms with Crippen LogP contribution in [0.3, 0.4) is 0 Å². The summed E-state index contributed by atoms with van der Waals surface area (Å²) in [6.07, 6.45) is -0.920. The molecule has 0 aliphatic rings. The lowest BCUT2D eigenvalue weighted by Gasteiger charge is -2.11. The van der Waals surface area contributed by atoms with Gasteiger partial charge in [-0.25, -0.2) is 0 Å². The van der Waals surface area contributed by atoms with Gasteiger partial charge in [0.15, 0.2) is 0 Å². The van der Waals surface area contributed by atoms with Gasteiger partial charge in [-0.15, -0.1) is 0 Å². The van der Waals surface area contributed by atoms with E-state index in [2.05, 4.69) is 0 Å². The molecule has 0 aliphatic carbocycles. The Labute approximate surface area is 85.1 Å². The van der Waals surface area contributed by atoms with Crippen molar-refractivity contribution in [1.82, 2.24) is 0 Å². The molecule has 0 saturated carbocycles. The second kappa shape index (κ2) is 6.05. The summed E-state index contributed by atoms with van der Waals surface area (Å²) in [5, 5.41) is 0. The summed E-state index contributed by atoms with van der Waals surface area (Å²) in [7, 11) is 0. The highest BCUT2D eigenvalue weighted by Crippen LogP contribution is 2.27. The summed E-state index contributed by atoms with van der Waals surface area (Å²) in [4.78, 5) is 0. The molecular formula is C8H14F3I. The van der Waals surface area contributed by atoms with E-state index in [4.69, 9.17) is 0 Å². The van der Waals surface area contributed by atoms with Gasteiger partial charge in [-0.3, -0.25) is 0 Å². The van der Waals surface area contributed by atoms with Crippen LogP contribution in [0.25, 0.3) is 0 Å². The topological polar surface area (TPSA) is 0 Å². The largest absolute Gasteiger partial charge is 0.390 e. The Bertz CT molecular complexity index is 111. The second-order valence-electron chi connectivity index (χ2n) is 2.91. The van der Waals surface area contributed by atoms with E-state index in [1.807, 2.05) is 29.5 Å². The van der Waals surface area contributed by atoms with Gasteiger partial charge in [0, 0.05) is 3.92 Å². The fourth-order valence-corrected chi connectivity index (χ4v) is 1.91. The molecule has 0 aromatic rings. The second-order valence-corrected chi connectivity index (χ2v) is 4.67. The fourth-order valence-electron chi connectivity index (χ4n) is 0.969. The normalized spacial score (nSPS) is 14.8. The zero-order valence-corrected chi connectivity index (χ0v) is 9.28. The molecule has 12 heavy (non-hydrogen) atoms. The minimum absolute atomic E-state index is 0.242. The van der Waals surface area contributed by atoms with Crippen LogP contribution >= 0.6 is 22.6 Å². The first-order valence-corrected chi connectivity index (χ1v) is 5.41. The van der Waals surface area contributed by atoms with E-state index in [-0.39, 0.29) is 3.92 Å². The van der Waals surface area contributed by atoms with Crippen molar-refractivity contribution in [2.45, 2.75) is 49.1 Å². The number of hydrogen-bond acceptors (Lipinski definition) is 0. The van der Waals surface area contributed by atoms with Crippen molar-refractivity contribution < 1.29 is 13.2 Å². The molecule has 74 valence electrons. The molecule has 0 heterocycles. The summed E-state index contributed by atoms with van der Waals surface area (Å²) >= 11 is 1.89. The van der Waals surface area contributed by atoms with Crippen molar-refractivity contribution >= 4 is 22.6 Å². The maximum Gasteiger partial charge on any atom is 0.390 e. The Morgan fingerprint density at radius 2 is 1.83 bits per heavy atom. The SMILES string of the molecule is CCCCCC(I)CC(F)(F)F. The van der Waals surface area contributed by atoms with Gasteiger partial charge in [0.2, 0.25) is 0 Å². The average Bonchev–Trinajstić information content (AvgIpc) is 1.84. The van der Waals surface area contributed by atoms with Crippen molar-refractivity contribution in [2.75, 3.05) is 0 Å².